The average Bonchev–Trinajstić information content (AvgIpc) is 2.71. The molecule has 0 radical (unpaired) electrons. The van der Waals surface area contributed by atoms with Crippen molar-refractivity contribution >= 4 is 0 Å². The normalized spacial score (nSPS) is 12.0. The van der Waals surface area contributed by atoms with Gasteiger partial charge in [0.25, 0.3) is 0 Å². The number of aromatic nitrogens is 2. The van der Waals surface area contributed by atoms with Gasteiger partial charge in [-0.2, -0.15) is 13.2 Å². The van der Waals surface area contributed by atoms with Crippen LogP contribution in [0.3, 0.4) is 0 Å². The molecule has 1 aromatic rings. The molecule has 1 heterocycles. The number of hydrogen-bond acceptors (Lipinski definition) is 3. The van der Waals surface area contributed by atoms with Gasteiger partial charge in [0.2, 0.25) is 0 Å². The predicted octanol–water partition coefficient (Wildman–Crippen LogP) is 1.96. The summed E-state index contributed by atoms with van der Waals surface area (Å²) in [4.78, 5) is 3.95. The van der Waals surface area contributed by atoms with E-state index in [0.29, 0.717) is 26.2 Å². The molecule has 0 aliphatic carbocycles. The number of alkyl halides is 3. The van der Waals surface area contributed by atoms with Crippen LogP contribution in [-0.2, 0) is 17.8 Å². The van der Waals surface area contributed by atoms with Gasteiger partial charge < -0.3 is 14.6 Å². The average molecular weight is 265 g/mol. The predicted molar refractivity (Wildman–Crippen MR) is 61.1 cm³/mol. The molecule has 0 saturated carbocycles. The first-order chi connectivity index (χ1) is 8.53. The summed E-state index contributed by atoms with van der Waals surface area (Å²) in [5.41, 5.74) is 0.883. The number of methoxy groups -OCH3 is 1. The van der Waals surface area contributed by atoms with Crippen molar-refractivity contribution < 1.29 is 17.9 Å². The van der Waals surface area contributed by atoms with Crippen LogP contribution in [-0.4, -0.2) is 36.0 Å². The molecule has 0 aliphatic rings. The molecular formula is C11H18F3N3O. The molecular weight excluding hydrogens is 247 g/mol. The molecule has 0 spiro atoms. The van der Waals surface area contributed by atoms with Crippen molar-refractivity contribution in [3.8, 4) is 0 Å². The van der Waals surface area contributed by atoms with Crippen molar-refractivity contribution in [2.75, 3.05) is 20.3 Å². The van der Waals surface area contributed by atoms with Gasteiger partial charge in [0.1, 0.15) is 0 Å². The lowest BCUT2D eigenvalue weighted by atomic mass is 10.3. The van der Waals surface area contributed by atoms with Gasteiger partial charge in [-0.1, -0.05) is 0 Å². The Bertz CT molecular complexity index is 339. The van der Waals surface area contributed by atoms with Crippen molar-refractivity contribution in [2.45, 2.75) is 32.1 Å². The summed E-state index contributed by atoms with van der Waals surface area (Å²) in [5, 5.41) is 3.13. The summed E-state index contributed by atoms with van der Waals surface area (Å²) in [7, 11) is 1.61. The molecule has 0 bridgehead atoms. The Kier molecular flexibility index (Phi) is 6.14. The zero-order valence-electron chi connectivity index (χ0n) is 10.3. The molecule has 0 atom stereocenters. The van der Waals surface area contributed by atoms with Crippen LogP contribution in [0.5, 0.6) is 0 Å². The first kappa shape index (κ1) is 15.0. The number of nitrogens with one attached hydrogen (secondary N) is 1. The molecule has 0 aliphatic heterocycles. The molecule has 7 heteroatoms. The minimum atomic E-state index is -4.09. The summed E-state index contributed by atoms with van der Waals surface area (Å²) < 4.78 is 42.7. The number of hydrogen-bond donors (Lipinski definition) is 1. The highest BCUT2D eigenvalue weighted by molar-refractivity contribution is 4.97. The maximum absolute atomic E-state index is 12.0. The van der Waals surface area contributed by atoms with E-state index in [1.54, 1.807) is 24.2 Å². The lowest BCUT2D eigenvalue weighted by Gasteiger charge is -2.10. The van der Waals surface area contributed by atoms with Crippen LogP contribution >= 0.6 is 0 Å². The second-order valence-corrected chi connectivity index (χ2v) is 3.97. The maximum Gasteiger partial charge on any atom is 0.389 e. The Hall–Kier alpha value is -1.08. The fraction of sp³-hybridized carbons (Fsp3) is 0.727. The fourth-order valence-corrected chi connectivity index (χ4v) is 1.54. The number of nitrogens with zero attached hydrogens (tertiary/aromatic N) is 2. The van der Waals surface area contributed by atoms with Crippen LogP contribution in [0, 0.1) is 0 Å². The standard InChI is InChI=1S/C11H18F3N3O/c1-18-6-4-15-7-10-8-16-9-17(10)5-2-3-11(12,13)14/h8-9,15H,2-7H2,1H3. The smallest absolute Gasteiger partial charge is 0.383 e. The highest BCUT2D eigenvalue weighted by Crippen LogP contribution is 2.21. The SMILES string of the molecule is COCCNCc1cncn1CCCC(F)(F)F. The van der Waals surface area contributed by atoms with Gasteiger partial charge >= 0.3 is 6.18 Å². The quantitative estimate of drug-likeness (QED) is 0.730. The Morgan fingerprint density at radius 3 is 2.89 bits per heavy atom. The van der Waals surface area contributed by atoms with E-state index in [-0.39, 0.29) is 6.42 Å². The Morgan fingerprint density at radius 2 is 2.22 bits per heavy atom. The highest BCUT2D eigenvalue weighted by Gasteiger charge is 2.26. The number of rotatable bonds is 8. The van der Waals surface area contributed by atoms with E-state index >= 15 is 0 Å². The lowest BCUT2D eigenvalue weighted by Crippen LogP contribution is -2.20. The fourth-order valence-electron chi connectivity index (χ4n) is 1.54. The maximum atomic E-state index is 12.0. The topological polar surface area (TPSA) is 39.1 Å². The Morgan fingerprint density at radius 1 is 1.44 bits per heavy atom. The molecule has 0 aromatic carbocycles. The molecule has 0 fully saturated rings. The van der Waals surface area contributed by atoms with Crippen molar-refractivity contribution in [3.05, 3.63) is 18.2 Å². The molecule has 18 heavy (non-hydrogen) atoms. The van der Waals surface area contributed by atoms with E-state index in [1.165, 1.54) is 0 Å². The van der Waals surface area contributed by atoms with Crippen LogP contribution in [0.25, 0.3) is 0 Å². The zero-order chi connectivity index (χ0) is 13.4. The third-order valence-electron chi connectivity index (χ3n) is 2.45. The molecule has 1 aromatic heterocycles. The summed E-state index contributed by atoms with van der Waals surface area (Å²) in [6.45, 7) is 2.21. The summed E-state index contributed by atoms with van der Waals surface area (Å²) in [5.74, 6) is 0. The molecule has 4 nitrogen and oxygen atoms in total. The van der Waals surface area contributed by atoms with E-state index in [2.05, 4.69) is 10.3 Å². The zero-order valence-corrected chi connectivity index (χ0v) is 10.3. The third kappa shape index (κ3) is 6.02. The molecule has 0 unspecified atom stereocenters. The minimum absolute atomic E-state index is 0.0743. The van der Waals surface area contributed by atoms with Crippen LogP contribution < -0.4 is 5.32 Å². The lowest BCUT2D eigenvalue weighted by molar-refractivity contribution is -0.135. The van der Waals surface area contributed by atoms with E-state index < -0.39 is 12.6 Å². The van der Waals surface area contributed by atoms with Gasteiger partial charge in [-0.05, 0) is 6.42 Å². The van der Waals surface area contributed by atoms with Gasteiger partial charge in [0.05, 0.1) is 18.6 Å². The van der Waals surface area contributed by atoms with E-state index in [0.717, 1.165) is 5.69 Å². The second-order valence-electron chi connectivity index (χ2n) is 3.97. The van der Waals surface area contributed by atoms with Crippen molar-refractivity contribution in [1.29, 1.82) is 0 Å². The summed E-state index contributed by atoms with van der Waals surface area (Å²) in [6, 6.07) is 0. The van der Waals surface area contributed by atoms with Gasteiger partial charge in [-0.25, -0.2) is 4.98 Å². The monoisotopic (exact) mass is 265 g/mol. The van der Waals surface area contributed by atoms with Gasteiger partial charge in [0.15, 0.2) is 0 Å². The Labute approximate surface area is 104 Å². The van der Waals surface area contributed by atoms with Gasteiger partial charge in [-0.15, -0.1) is 0 Å². The molecule has 104 valence electrons. The first-order valence-corrected chi connectivity index (χ1v) is 5.78. The molecule has 1 N–H and O–H groups in total. The molecule has 1 rings (SSSR count). The van der Waals surface area contributed by atoms with Crippen molar-refractivity contribution in [3.63, 3.8) is 0 Å². The van der Waals surface area contributed by atoms with Crippen LogP contribution in [0.2, 0.25) is 0 Å². The third-order valence-corrected chi connectivity index (χ3v) is 2.45. The van der Waals surface area contributed by atoms with Gasteiger partial charge in [0, 0.05) is 39.4 Å². The molecule has 0 amide bonds. The minimum Gasteiger partial charge on any atom is -0.383 e. The van der Waals surface area contributed by atoms with Crippen LogP contribution in [0.1, 0.15) is 18.5 Å². The van der Waals surface area contributed by atoms with Crippen molar-refractivity contribution in [1.82, 2.24) is 14.9 Å². The summed E-state index contributed by atoms with van der Waals surface area (Å²) in [6.07, 6.45) is -1.55. The van der Waals surface area contributed by atoms with Crippen LogP contribution in [0.15, 0.2) is 12.5 Å². The largest absolute Gasteiger partial charge is 0.389 e. The number of halogens is 3. The summed E-state index contributed by atoms with van der Waals surface area (Å²) >= 11 is 0. The van der Waals surface area contributed by atoms with E-state index in [4.69, 9.17) is 4.74 Å². The van der Waals surface area contributed by atoms with E-state index in [9.17, 15) is 13.2 Å². The van der Waals surface area contributed by atoms with E-state index in [1.807, 2.05) is 0 Å². The second kappa shape index (κ2) is 7.38. The number of imidazole rings is 1. The number of aryl methyl sites for hydroxylation is 1. The number of ether oxygens (including phenoxy) is 1. The van der Waals surface area contributed by atoms with Crippen LogP contribution in [0.4, 0.5) is 13.2 Å². The van der Waals surface area contributed by atoms with Gasteiger partial charge in [-0.3, -0.25) is 0 Å². The van der Waals surface area contributed by atoms with Crippen molar-refractivity contribution in [2.24, 2.45) is 0 Å². The Balaban J connectivity index is 2.31. The highest BCUT2D eigenvalue weighted by atomic mass is 19.4. The molecule has 0 saturated heterocycles. The first-order valence-electron chi connectivity index (χ1n) is 5.78.